The van der Waals surface area contributed by atoms with Gasteiger partial charge in [-0.2, -0.15) is 0 Å². The molecule has 0 aromatic heterocycles. The van der Waals surface area contributed by atoms with Crippen LogP contribution in [-0.2, 0) is 17.6 Å². The van der Waals surface area contributed by atoms with Gasteiger partial charge in [-0.25, -0.2) is 0 Å². The van der Waals surface area contributed by atoms with Crippen LogP contribution in [0.15, 0.2) is 73.9 Å². The number of ether oxygens (including phenoxy) is 1. The molecular formula is C26H30O. The van der Waals surface area contributed by atoms with E-state index in [-0.39, 0.29) is 0 Å². The molecule has 2 aromatic carbocycles. The van der Waals surface area contributed by atoms with Gasteiger partial charge < -0.3 is 4.74 Å². The molecule has 0 saturated carbocycles. The summed E-state index contributed by atoms with van der Waals surface area (Å²) in [5.41, 5.74) is 7.61. The Morgan fingerprint density at radius 1 is 0.741 bits per heavy atom. The van der Waals surface area contributed by atoms with E-state index in [9.17, 15) is 0 Å². The standard InChI is InChI=1S/C26H30O/c1-5-9-25-19-21(3)13-15-23(25)11-7-17-27-18-8-12-24-16-14-22(4)20-26(24)10-6-2/h5-8,11-16,19-20H,1-2,9-10,17-18H2,3-4H3. The van der Waals surface area contributed by atoms with Crippen molar-refractivity contribution in [1.82, 2.24) is 0 Å². The molecule has 0 aliphatic rings. The van der Waals surface area contributed by atoms with Crippen LogP contribution in [0.1, 0.15) is 33.4 Å². The van der Waals surface area contributed by atoms with Gasteiger partial charge in [0.05, 0.1) is 13.2 Å². The van der Waals surface area contributed by atoms with Gasteiger partial charge in [-0.3, -0.25) is 0 Å². The molecule has 27 heavy (non-hydrogen) atoms. The summed E-state index contributed by atoms with van der Waals surface area (Å²) in [7, 11) is 0. The SMILES string of the molecule is C=CCc1cc(C)ccc1C=CCOCC=Cc1ccc(C)cc1CC=C. The van der Waals surface area contributed by atoms with Crippen LogP contribution in [0.2, 0.25) is 0 Å². The molecule has 0 saturated heterocycles. The highest BCUT2D eigenvalue weighted by atomic mass is 16.5. The van der Waals surface area contributed by atoms with Crippen molar-refractivity contribution in [1.29, 1.82) is 0 Å². The normalized spacial score (nSPS) is 11.3. The van der Waals surface area contributed by atoms with E-state index in [0.717, 1.165) is 12.8 Å². The number of hydrogen-bond acceptors (Lipinski definition) is 1. The van der Waals surface area contributed by atoms with Gasteiger partial charge >= 0.3 is 0 Å². The zero-order valence-electron chi connectivity index (χ0n) is 16.6. The molecule has 0 unspecified atom stereocenters. The molecule has 0 bridgehead atoms. The van der Waals surface area contributed by atoms with Crippen molar-refractivity contribution in [2.45, 2.75) is 26.7 Å². The molecule has 1 nitrogen and oxygen atoms in total. The predicted molar refractivity (Wildman–Crippen MR) is 119 cm³/mol. The highest BCUT2D eigenvalue weighted by Crippen LogP contribution is 2.16. The van der Waals surface area contributed by atoms with Crippen LogP contribution in [0.5, 0.6) is 0 Å². The summed E-state index contributed by atoms with van der Waals surface area (Å²) >= 11 is 0. The fourth-order valence-corrected chi connectivity index (χ4v) is 3.01. The largest absolute Gasteiger partial charge is 0.373 e. The Kier molecular flexibility index (Phi) is 8.54. The molecule has 0 atom stereocenters. The maximum atomic E-state index is 5.71. The fourth-order valence-electron chi connectivity index (χ4n) is 3.01. The Morgan fingerprint density at radius 3 is 1.59 bits per heavy atom. The van der Waals surface area contributed by atoms with Crippen molar-refractivity contribution in [2.75, 3.05) is 13.2 Å². The molecule has 2 rings (SSSR count). The van der Waals surface area contributed by atoms with Crippen LogP contribution < -0.4 is 0 Å². The van der Waals surface area contributed by atoms with Crippen LogP contribution in [0.25, 0.3) is 12.2 Å². The van der Waals surface area contributed by atoms with Gasteiger partial charge in [0.25, 0.3) is 0 Å². The Labute approximate surface area is 164 Å². The van der Waals surface area contributed by atoms with E-state index in [1.165, 1.54) is 33.4 Å². The molecular weight excluding hydrogens is 328 g/mol. The molecule has 0 amide bonds. The average Bonchev–Trinajstić information content (AvgIpc) is 2.64. The lowest BCUT2D eigenvalue weighted by atomic mass is 10.0. The third-order valence-electron chi connectivity index (χ3n) is 4.35. The van der Waals surface area contributed by atoms with Crippen molar-refractivity contribution in [3.8, 4) is 0 Å². The highest BCUT2D eigenvalue weighted by Gasteiger charge is 1.99. The lowest BCUT2D eigenvalue weighted by molar-refractivity contribution is 0.195. The maximum absolute atomic E-state index is 5.71. The van der Waals surface area contributed by atoms with Crippen LogP contribution in [-0.4, -0.2) is 13.2 Å². The molecule has 0 aliphatic carbocycles. The van der Waals surface area contributed by atoms with Gasteiger partial charge in [0.15, 0.2) is 0 Å². The molecule has 2 aromatic rings. The summed E-state index contributed by atoms with van der Waals surface area (Å²) in [4.78, 5) is 0. The minimum Gasteiger partial charge on any atom is -0.373 e. The van der Waals surface area contributed by atoms with E-state index in [1.54, 1.807) is 0 Å². The van der Waals surface area contributed by atoms with E-state index in [2.05, 4.69) is 87.7 Å². The summed E-state index contributed by atoms with van der Waals surface area (Å²) < 4.78 is 5.71. The van der Waals surface area contributed by atoms with Crippen molar-refractivity contribution >= 4 is 12.2 Å². The first-order valence-corrected chi connectivity index (χ1v) is 9.45. The van der Waals surface area contributed by atoms with Gasteiger partial charge in [-0.1, -0.05) is 84.0 Å². The number of allylic oxidation sites excluding steroid dienone is 2. The van der Waals surface area contributed by atoms with Crippen molar-refractivity contribution in [2.24, 2.45) is 0 Å². The molecule has 0 fully saturated rings. The van der Waals surface area contributed by atoms with Crippen molar-refractivity contribution in [3.63, 3.8) is 0 Å². The van der Waals surface area contributed by atoms with Gasteiger partial charge in [-0.05, 0) is 48.9 Å². The van der Waals surface area contributed by atoms with Crippen LogP contribution in [0.3, 0.4) is 0 Å². The third-order valence-corrected chi connectivity index (χ3v) is 4.35. The number of hydrogen-bond donors (Lipinski definition) is 0. The predicted octanol–water partition coefficient (Wildman–Crippen LogP) is 6.50. The molecule has 0 N–H and O–H groups in total. The van der Waals surface area contributed by atoms with Crippen LogP contribution >= 0.6 is 0 Å². The van der Waals surface area contributed by atoms with Crippen molar-refractivity contribution < 1.29 is 4.74 Å². The molecule has 0 radical (unpaired) electrons. The summed E-state index contributed by atoms with van der Waals surface area (Å²) in [5.74, 6) is 0. The Morgan fingerprint density at radius 2 is 1.19 bits per heavy atom. The zero-order chi connectivity index (χ0) is 19.5. The van der Waals surface area contributed by atoms with E-state index in [1.807, 2.05) is 12.2 Å². The van der Waals surface area contributed by atoms with E-state index in [4.69, 9.17) is 4.74 Å². The fraction of sp³-hybridized carbons (Fsp3) is 0.231. The Balaban J connectivity index is 1.86. The zero-order valence-corrected chi connectivity index (χ0v) is 16.6. The summed E-state index contributed by atoms with van der Waals surface area (Å²) in [6, 6.07) is 13.0. The van der Waals surface area contributed by atoms with Gasteiger partial charge in [0.1, 0.15) is 0 Å². The number of rotatable bonds is 10. The minimum atomic E-state index is 0.596. The first-order valence-electron chi connectivity index (χ1n) is 9.45. The second kappa shape index (κ2) is 11.2. The topological polar surface area (TPSA) is 9.23 Å². The van der Waals surface area contributed by atoms with E-state index < -0.39 is 0 Å². The van der Waals surface area contributed by atoms with E-state index >= 15 is 0 Å². The lowest BCUT2D eigenvalue weighted by Crippen LogP contribution is -1.93. The molecule has 1 heteroatoms. The van der Waals surface area contributed by atoms with Crippen LogP contribution in [0.4, 0.5) is 0 Å². The molecule has 140 valence electrons. The van der Waals surface area contributed by atoms with Gasteiger partial charge in [0, 0.05) is 0 Å². The molecule has 0 aliphatic heterocycles. The minimum absolute atomic E-state index is 0.596. The first kappa shape index (κ1) is 20.7. The molecule has 0 spiro atoms. The monoisotopic (exact) mass is 358 g/mol. The summed E-state index contributed by atoms with van der Waals surface area (Å²) in [5, 5.41) is 0. The quantitative estimate of drug-likeness (QED) is 0.348. The highest BCUT2D eigenvalue weighted by molar-refractivity contribution is 5.56. The second-order valence-electron chi connectivity index (χ2n) is 6.73. The second-order valence-corrected chi connectivity index (χ2v) is 6.73. The van der Waals surface area contributed by atoms with Gasteiger partial charge in [-0.15, -0.1) is 13.2 Å². The smallest absolute Gasteiger partial charge is 0.0655 e. The number of benzene rings is 2. The third kappa shape index (κ3) is 6.88. The molecule has 0 heterocycles. The summed E-state index contributed by atoms with van der Waals surface area (Å²) in [6.07, 6.45) is 14.1. The van der Waals surface area contributed by atoms with Crippen molar-refractivity contribution in [3.05, 3.63) is 107 Å². The average molecular weight is 359 g/mol. The maximum Gasteiger partial charge on any atom is 0.0655 e. The van der Waals surface area contributed by atoms with Gasteiger partial charge in [0.2, 0.25) is 0 Å². The van der Waals surface area contributed by atoms with E-state index in [0.29, 0.717) is 13.2 Å². The number of aryl methyl sites for hydroxylation is 2. The summed E-state index contributed by atoms with van der Waals surface area (Å²) in [6.45, 7) is 13.1. The first-order chi connectivity index (χ1) is 13.1. The lowest BCUT2D eigenvalue weighted by Gasteiger charge is -2.05. The van der Waals surface area contributed by atoms with Crippen LogP contribution in [0, 0.1) is 13.8 Å². The Bertz CT molecular complexity index is 755. The Hall–Kier alpha value is -2.64.